The van der Waals surface area contributed by atoms with E-state index < -0.39 is 52.9 Å². The van der Waals surface area contributed by atoms with Gasteiger partial charge >= 0.3 is 5.97 Å². The maximum Gasteiger partial charge on any atom is 0.341 e. The molecule has 5 aliphatic rings. The number of nitrogens with one attached hydrogen (secondary N) is 1. The third-order valence-electron chi connectivity index (χ3n) is 7.33. The molecule has 0 aliphatic carbocycles. The lowest BCUT2D eigenvalue weighted by Crippen LogP contribution is -2.65. The third-order valence-corrected chi connectivity index (χ3v) is 7.33. The topological polar surface area (TPSA) is 86.3 Å². The molecule has 6 rings (SSSR count). The van der Waals surface area contributed by atoms with Gasteiger partial charge in [-0.1, -0.05) is 0 Å². The van der Waals surface area contributed by atoms with Crippen LogP contribution in [0, 0.1) is 11.7 Å². The molecule has 1 aromatic rings. The zero-order chi connectivity index (χ0) is 21.1. The molecule has 1 amide bonds. The molecule has 4 saturated heterocycles. The highest BCUT2D eigenvalue weighted by atomic mass is 19.1. The minimum Gasteiger partial charge on any atom is -0.467 e. The number of fused-ring (bicyclic) bond motifs is 9. The Labute approximate surface area is 172 Å². The fourth-order valence-electron chi connectivity index (χ4n) is 6.59. The van der Waals surface area contributed by atoms with Crippen LogP contribution >= 0.6 is 0 Å². The highest BCUT2D eigenvalue weighted by molar-refractivity contribution is 6.11. The van der Waals surface area contributed by atoms with Crippen LogP contribution in [0.5, 0.6) is 0 Å². The molecular weight excluding hydrogens is 395 g/mol. The summed E-state index contributed by atoms with van der Waals surface area (Å²) < 4.78 is 38.1. The Balaban J connectivity index is 1.64. The second kappa shape index (κ2) is 5.59. The number of rotatable bonds is 1. The van der Waals surface area contributed by atoms with Crippen LogP contribution in [-0.4, -0.2) is 60.3 Å². The van der Waals surface area contributed by atoms with Gasteiger partial charge in [0.1, 0.15) is 11.9 Å². The van der Waals surface area contributed by atoms with Gasteiger partial charge in [-0.25, -0.2) is 9.18 Å². The van der Waals surface area contributed by atoms with Crippen molar-refractivity contribution >= 4 is 17.6 Å². The standard InChI is InChI=1S/C21H23FN2O6/c1-19(2)28-15-14-13-5-4-8-24(13)20(21(14,18(26)27-3)30-16(15)29-19)11-9-10(22)6-7-12(11)23-17(20)25/h6-7,9,13-16H,4-5,8H2,1-3H3,(H,23,25)/t13-,14+,15+,16-,20-,21+/m0/s1. The van der Waals surface area contributed by atoms with Crippen LogP contribution in [0.25, 0.3) is 0 Å². The van der Waals surface area contributed by atoms with E-state index in [-0.39, 0.29) is 6.04 Å². The van der Waals surface area contributed by atoms with Crippen molar-refractivity contribution in [1.29, 1.82) is 0 Å². The van der Waals surface area contributed by atoms with Crippen molar-refractivity contribution in [2.45, 2.75) is 62.1 Å². The number of ether oxygens (including phenoxy) is 4. The Kier molecular flexibility index (Phi) is 3.48. The first kappa shape index (κ1) is 18.7. The largest absolute Gasteiger partial charge is 0.467 e. The molecule has 0 radical (unpaired) electrons. The third kappa shape index (κ3) is 1.87. The van der Waals surface area contributed by atoms with Gasteiger partial charge in [-0.15, -0.1) is 0 Å². The molecule has 160 valence electrons. The Morgan fingerprint density at radius 2 is 2.10 bits per heavy atom. The van der Waals surface area contributed by atoms with E-state index in [1.807, 2.05) is 4.90 Å². The van der Waals surface area contributed by atoms with Gasteiger partial charge < -0.3 is 24.3 Å². The summed E-state index contributed by atoms with van der Waals surface area (Å²) in [5, 5.41) is 2.85. The van der Waals surface area contributed by atoms with Gasteiger partial charge in [-0.2, -0.15) is 0 Å². The quantitative estimate of drug-likeness (QED) is 0.692. The van der Waals surface area contributed by atoms with Crippen LogP contribution in [0.15, 0.2) is 18.2 Å². The van der Waals surface area contributed by atoms with E-state index in [0.29, 0.717) is 17.8 Å². The van der Waals surface area contributed by atoms with Gasteiger partial charge in [-0.3, -0.25) is 9.69 Å². The Morgan fingerprint density at radius 3 is 2.87 bits per heavy atom. The van der Waals surface area contributed by atoms with Crippen LogP contribution in [0.4, 0.5) is 10.1 Å². The summed E-state index contributed by atoms with van der Waals surface area (Å²) in [6.07, 6.45) is 0.239. The molecule has 0 saturated carbocycles. The molecule has 30 heavy (non-hydrogen) atoms. The zero-order valence-corrected chi connectivity index (χ0v) is 16.9. The van der Waals surface area contributed by atoms with Gasteiger partial charge in [0, 0.05) is 23.2 Å². The summed E-state index contributed by atoms with van der Waals surface area (Å²) in [5.41, 5.74) is -2.39. The maximum absolute atomic E-state index is 14.4. The van der Waals surface area contributed by atoms with Crippen molar-refractivity contribution in [3.63, 3.8) is 0 Å². The average Bonchev–Trinajstić information content (AvgIpc) is 3.42. The smallest absolute Gasteiger partial charge is 0.341 e. The second-order valence-corrected chi connectivity index (χ2v) is 9.10. The maximum atomic E-state index is 14.4. The number of hydrogen-bond donors (Lipinski definition) is 1. The fraction of sp³-hybridized carbons (Fsp3) is 0.619. The van der Waals surface area contributed by atoms with E-state index >= 15 is 0 Å². The van der Waals surface area contributed by atoms with E-state index in [1.165, 1.54) is 25.3 Å². The second-order valence-electron chi connectivity index (χ2n) is 9.10. The highest BCUT2D eigenvalue weighted by Crippen LogP contribution is 2.66. The van der Waals surface area contributed by atoms with Gasteiger partial charge in [0.25, 0.3) is 5.91 Å². The molecule has 5 aliphatic heterocycles. The van der Waals surface area contributed by atoms with E-state index in [1.54, 1.807) is 13.8 Å². The number of amides is 1. The van der Waals surface area contributed by atoms with Gasteiger partial charge in [-0.05, 0) is 51.4 Å². The van der Waals surface area contributed by atoms with E-state index in [9.17, 15) is 14.0 Å². The molecule has 4 fully saturated rings. The number of carbonyl (C=O) groups is 2. The highest BCUT2D eigenvalue weighted by Gasteiger charge is 2.85. The van der Waals surface area contributed by atoms with Gasteiger partial charge in [0.05, 0.1) is 7.11 Å². The van der Waals surface area contributed by atoms with Crippen molar-refractivity contribution < 1.29 is 32.9 Å². The van der Waals surface area contributed by atoms with Crippen LogP contribution in [0.1, 0.15) is 32.3 Å². The molecule has 6 atom stereocenters. The lowest BCUT2D eigenvalue weighted by atomic mass is 9.69. The molecule has 0 aromatic heterocycles. The molecule has 8 nitrogen and oxygen atoms in total. The van der Waals surface area contributed by atoms with Crippen molar-refractivity contribution in [2.24, 2.45) is 5.92 Å². The van der Waals surface area contributed by atoms with Crippen LogP contribution in [0.3, 0.4) is 0 Å². The summed E-state index contributed by atoms with van der Waals surface area (Å²) >= 11 is 0. The lowest BCUT2D eigenvalue weighted by molar-refractivity contribution is -0.247. The molecule has 1 spiro atoms. The number of halogens is 1. The van der Waals surface area contributed by atoms with Gasteiger partial charge in [0.15, 0.2) is 17.6 Å². The molecule has 0 unspecified atom stereocenters. The number of anilines is 1. The van der Waals surface area contributed by atoms with E-state index in [4.69, 9.17) is 18.9 Å². The monoisotopic (exact) mass is 418 g/mol. The molecule has 0 bridgehead atoms. The van der Waals surface area contributed by atoms with E-state index in [2.05, 4.69) is 5.32 Å². The minimum absolute atomic E-state index is 0.170. The van der Waals surface area contributed by atoms with Gasteiger partial charge in [0.2, 0.25) is 5.60 Å². The molecule has 1 aromatic carbocycles. The normalized spacial score (nSPS) is 42.7. The number of carbonyl (C=O) groups excluding carboxylic acids is 2. The molecule has 9 heteroatoms. The SMILES string of the molecule is COC(=O)[C@]12O[C@@H]3OC(C)(C)O[C@@H]3[C@H]1[C@@H]1CCCN1[C@@]21C(=O)Nc2ccc(F)cc21. The van der Waals surface area contributed by atoms with Crippen molar-refractivity contribution in [3.8, 4) is 0 Å². The molecular formula is C21H23FN2O6. The predicted molar refractivity (Wildman–Crippen MR) is 99.6 cm³/mol. The molecule has 5 heterocycles. The van der Waals surface area contributed by atoms with Crippen LogP contribution < -0.4 is 5.32 Å². The Hall–Kier alpha value is -2.07. The lowest BCUT2D eigenvalue weighted by Gasteiger charge is -2.42. The van der Waals surface area contributed by atoms with E-state index in [0.717, 1.165) is 12.8 Å². The summed E-state index contributed by atoms with van der Waals surface area (Å²) in [6.45, 7) is 4.16. The zero-order valence-electron chi connectivity index (χ0n) is 16.9. The summed E-state index contributed by atoms with van der Waals surface area (Å²) in [4.78, 5) is 29.2. The number of esters is 1. The summed E-state index contributed by atoms with van der Waals surface area (Å²) in [5.74, 6) is -2.95. The molecule has 1 N–H and O–H groups in total. The van der Waals surface area contributed by atoms with Crippen molar-refractivity contribution in [1.82, 2.24) is 4.90 Å². The Morgan fingerprint density at radius 1 is 1.30 bits per heavy atom. The number of methoxy groups -OCH3 is 1. The summed E-state index contributed by atoms with van der Waals surface area (Å²) in [7, 11) is 1.27. The predicted octanol–water partition coefficient (Wildman–Crippen LogP) is 1.49. The first-order chi connectivity index (χ1) is 14.3. The fourth-order valence-corrected chi connectivity index (χ4v) is 6.59. The number of benzene rings is 1. The Bertz CT molecular complexity index is 984. The first-order valence-electron chi connectivity index (χ1n) is 10.3. The van der Waals surface area contributed by atoms with Crippen LogP contribution in [-0.2, 0) is 34.1 Å². The average molecular weight is 418 g/mol. The van der Waals surface area contributed by atoms with Crippen molar-refractivity contribution in [2.75, 3.05) is 19.0 Å². The number of hydrogen-bond acceptors (Lipinski definition) is 7. The minimum atomic E-state index is -1.71. The number of nitrogens with zero attached hydrogens (tertiary/aromatic N) is 1. The summed E-state index contributed by atoms with van der Waals surface area (Å²) in [6, 6.07) is 3.96. The first-order valence-corrected chi connectivity index (χ1v) is 10.3. The van der Waals surface area contributed by atoms with Crippen LogP contribution in [0.2, 0.25) is 0 Å². The van der Waals surface area contributed by atoms with Crippen molar-refractivity contribution in [3.05, 3.63) is 29.6 Å².